The molecule has 64 heavy (non-hydrogen) atoms. The maximum absolute atomic E-state index is 13.4. The Balaban J connectivity index is 0.000000671. The molecule has 4 aromatic carbocycles. The van der Waals surface area contributed by atoms with Gasteiger partial charge in [0.1, 0.15) is 0 Å². The van der Waals surface area contributed by atoms with E-state index >= 15 is 0 Å². The molecule has 0 radical (unpaired) electrons. The number of alkyl halides is 6. The van der Waals surface area contributed by atoms with Crippen LogP contribution in [0.1, 0.15) is 55.8 Å². The quantitative estimate of drug-likeness (QED) is 0.0741. The zero-order valence-electron chi connectivity index (χ0n) is 33.2. The first-order valence-electron chi connectivity index (χ1n) is 18.7. The number of ketones is 2. The van der Waals surface area contributed by atoms with Crippen LogP contribution >= 0.6 is 0 Å². The molecule has 0 bridgehead atoms. The van der Waals surface area contributed by atoms with Gasteiger partial charge in [-0.05, 0) is 60.4 Å². The monoisotopic (exact) mass is 902 g/mol. The standard InChI is InChI=1S/C38H38N6O6.2C2HF3O2/c39-31(19-23-7-3-1-4-8-23)37(49)41-17-15-33(45)43-25-11-13-27-29(21-25)35(47)28-14-12-26(22-30(28)36(27)48)44-34(46)16-18-42-38(50)32(40)20-24-9-5-2-6-10-24;2*3-2(4,5)1(6)7/h1-14,21-22,31-32H,15-20,39-40H2,(H,41,49)(H,42,50)(H,43,45)(H,44,46);2*(H,6,7)/t31-,32-;;/m0../s1. The van der Waals surface area contributed by atoms with Crippen molar-refractivity contribution >= 4 is 58.5 Å². The molecule has 16 nitrogen and oxygen atoms in total. The molecule has 5 rings (SSSR count). The average Bonchev–Trinajstić information content (AvgIpc) is 3.23. The van der Waals surface area contributed by atoms with Crippen molar-refractivity contribution in [2.45, 2.75) is 50.1 Å². The molecule has 4 amide bonds. The van der Waals surface area contributed by atoms with Crippen molar-refractivity contribution in [2.24, 2.45) is 11.5 Å². The van der Waals surface area contributed by atoms with Crippen LogP contribution < -0.4 is 32.7 Å². The van der Waals surface area contributed by atoms with E-state index in [-0.39, 0.29) is 60.0 Å². The average molecular weight is 903 g/mol. The summed E-state index contributed by atoms with van der Waals surface area (Å²) in [7, 11) is 0. The molecule has 0 spiro atoms. The smallest absolute Gasteiger partial charge is 0.475 e. The predicted molar refractivity (Wildman–Crippen MR) is 216 cm³/mol. The molecule has 0 unspecified atom stereocenters. The summed E-state index contributed by atoms with van der Waals surface area (Å²) in [5.74, 6) is -7.86. The van der Waals surface area contributed by atoms with Crippen molar-refractivity contribution in [2.75, 3.05) is 23.7 Å². The van der Waals surface area contributed by atoms with Crippen LogP contribution in [0, 0.1) is 0 Å². The highest BCUT2D eigenvalue weighted by Gasteiger charge is 2.39. The number of benzene rings is 4. The molecule has 1 aliphatic rings. The second-order valence-corrected chi connectivity index (χ2v) is 13.6. The molecular formula is C42H40F6N6O10. The third-order valence-corrected chi connectivity index (χ3v) is 8.64. The summed E-state index contributed by atoms with van der Waals surface area (Å²) >= 11 is 0. The SMILES string of the molecule is N[C@@H](Cc1ccccc1)C(=O)NCCC(=O)Nc1ccc2c(c1)C(=O)c1ccc(NC(=O)CCNC(=O)[C@@H](N)Cc3ccccc3)cc1C2=O.O=C(O)C(F)(F)F.O=C(O)C(F)(F)F. The molecule has 1 aliphatic carbocycles. The number of hydrogen-bond acceptors (Lipinski definition) is 10. The van der Waals surface area contributed by atoms with Gasteiger partial charge in [0.2, 0.25) is 23.6 Å². The summed E-state index contributed by atoms with van der Waals surface area (Å²) in [5, 5.41) is 25.0. The maximum atomic E-state index is 13.4. The van der Waals surface area contributed by atoms with Crippen molar-refractivity contribution < 1.29 is 74.9 Å². The minimum absolute atomic E-state index is 0.0285. The molecule has 0 fully saturated rings. The fourth-order valence-corrected chi connectivity index (χ4v) is 5.53. The van der Waals surface area contributed by atoms with Crippen molar-refractivity contribution in [1.82, 2.24) is 10.6 Å². The molecule has 0 aliphatic heterocycles. The predicted octanol–water partition coefficient (Wildman–Crippen LogP) is 3.76. The van der Waals surface area contributed by atoms with Crippen LogP contribution in [0.15, 0.2) is 97.1 Å². The Hall–Kier alpha value is -7.46. The van der Waals surface area contributed by atoms with Gasteiger partial charge in [0.15, 0.2) is 11.6 Å². The van der Waals surface area contributed by atoms with Gasteiger partial charge in [-0.25, -0.2) is 9.59 Å². The van der Waals surface area contributed by atoms with E-state index in [0.29, 0.717) is 24.2 Å². The van der Waals surface area contributed by atoms with Gasteiger partial charge in [-0.2, -0.15) is 26.3 Å². The van der Waals surface area contributed by atoms with Crippen molar-refractivity contribution in [3.8, 4) is 0 Å². The van der Waals surface area contributed by atoms with E-state index in [4.69, 9.17) is 31.3 Å². The number of nitrogens with two attached hydrogens (primary N) is 2. The van der Waals surface area contributed by atoms with E-state index in [0.717, 1.165) is 11.1 Å². The first-order chi connectivity index (χ1) is 30.0. The fourth-order valence-electron chi connectivity index (χ4n) is 5.53. The molecule has 340 valence electrons. The highest BCUT2D eigenvalue weighted by molar-refractivity contribution is 6.29. The van der Waals surface area contributed by atoms with E-state index in [1.807, 2.05) is 60.7 Å². The van der Waals surface area contributed by atoms with E-state index in [2.05, 4.69) is 21.3 Å². The number of fused-ring (bicyclic) bond motifs is 2. The lowest BCUT2D eigenvalue weighted by atomic mass is 9.83. The minimum Gasteiger partial charge on any atom is -0.475 e. The van der Waals surface area contributed by atoms with Gasteiger partial charge in [-0.15, -0.1) is 0 Å². The summed E-state index contributed by atoms with van der Waals surface area (Å²) in [4.78, 5) is 94.4. The first-order valence-corrected chi connectivity index (χ1v) is 18.7. The number of amides is 4. The van der Waals surface area contributed by atoms with Crippen LogP contribution in [0.5, 0.6) is 0 Å². The maximum Gasteiger partial charge on any atom is 0.490 e. The Labute approximate surface area is 359 Å². The highest BCUT2D eigenvalue weighted by atomic mass is 19.4. The molecule has 0 heterocycles. The number of halogens is 6. The topological polar surface area (TPSA) is 277 Å². The van der Waals surface area contributed by atoms with Gasteiger partial charge in [-0.3, -0.25) is 28.8 Å². The fraction of sp³-hybridized carbons (Fsp3) is 0.238. The van der Waals surface area contributed by atoms with Gasteiger partial charge >= 0.3 is 24.3 Å². The molecular weight excluding hydrogens is 862 g/mol. The lowest BCUT2D eigenvalue weighted by molar-refractivity contribution is -0.193. The van der Waals surface area contributed by atoms with Crippen LogP contribution in [0.3, 0.4) is 0 Å². The largest absolute Gasteiger partial charge is 0.490 e. The Morgan fingerprint density at radius 2 is 0.828 bits per heavy atom. The number of rotatable bonds is 14. The van der Waals surface area contributed by atoms with Crippen LogP contribution in [0.25, 0.3) is 0 Å². The number of carboxylic acids is 2. The first kappa shape index (κ1) is 50.9. The van der Waals surface area contributed by atoms with E-state index in [9.17, 15) is 55.1 Å². The number of carboxylic acid groups (broad SMARTS) is 2. The minimum atomic E-state index is -5.08. The molecule has 0 aromatic heterocycles. The van der Waals surface area contributed by atoms with Crippen LogP contribution in [0.4, 0.5) is 37.7 Å². The number of hydrogen-bond donors (Lipinski definition) is 8. The van der Waals surface area contributed by atoms with E-state index in [1.165, 1.54) is 36.4 Å². The third-order valence-electron chi connectivity index (χ3n) is 8.64. The molecule has 22 heteroatoms. The van der Waals surface area contributed by atoms with Crippen LogP contribution in [-0.2, 0) is 41.6 Å². The van der Waals surface area contributed by atoms with Gasteiger partial charge in [-0.1, -0.05) is 60.7 Å². The second kappa shape index (κ2) is 23.1. The lowest BCUT2D eigenvalue weighted by Gasteiger charge is -2.19. The highest BCUT2D eigenvalue weighted by Crippen LogP contribution is 2.31. The summed E-state index contributed by atoms with van der Waals surface area (Å²) in [6, 6.07) is 26.1. The summed E-state index contributed by atoms with van der Waals surface area (Å²) in [5.41, 5.74) is 15.1. The van der Waals surface area contributed by atoms with Gasteiger partial charge in [0.25, 0.3) is 0 Å². The molecule has 2 atom stereocenters. The number of nitrogens with one attached hydrogen (secondary N) is 4. The normalized spacial score (nSPS) is 12.6. The molecule has 0 saturated carbocycles. The van der Waals surface area contributed by atoms with Gasteiger partial charge < -0.3 is 42.9 Å². The van der Waals surface area contributed by atoms with Crippen LogP contribution in [0.2, 0.25) is 0 Å². The number of aliphatic carboxylic acids is 2. The Morgan fingerprint density at radius 3 is 1.12 bits per heavy atom. The van der Waals surface area contributed by atoms with Gasteiger partial charge in [0.05, 0.1) is 12.1 Å². The number of carbonyl (C=O) groups excluding carboxylic acids is 6. The lowest BCUT2D eigenvalue weighted by Crippen LogP contribution is -2.42. The van der Waals surface area contributed by atoms with E-state index < -0.39 is 59.8 Å². The molecule has 10 N–H and O–H groups in total. The van der Waals surface area contributed by atoms with E-state index in [1.54, 1.807) is 0 Å². The van der Waals surface area contributed by atoms with Crippen LogP contribution in [-0.4, -0.2) is 94.9 Å². The number of anilines is 2. The third kappa shape index (κ3) is 16.1. The zero-order chi connectivity index (χ0) is 47.8. The number of carbonyl (C=O) groups is 8. The summed E-state index contributed by atoms with van der Waals surface area (Å²) in [6.45, 7) is 0.138. The Kier molecular flexibility index (Phi) is 18.4. The second-order valence-electron chi connectivity index (χ2n) is 13.6. The van der Waals surface area contributed by atoms with Crippen molar-refractivity contribution in [3.63, 3.8) is 0 Å². The van der Waals surface area contributed by atoms with Crippen molar-refractivity contribution in [3.05, 3.63) is 130 Å². The molecule has 0 saturated heterocycles. The van der Waals surface area contributed by atoms with Gasteiger partial charge in [0, 0.05) is 59.6 Å². The summed E-state index contributed by atoms with van der Waals surface area (Å²) < 4.78 is 63.5. The zero-order valence-corrected chi connectivity index (χ0v) is 33.2. The Morgan fingerprint density at radius 1 is 0.516 bits per heavy atom. The summed E-state index contributed by atoms with van der Waals surface area (Å²) in [6.07, 6.45) is -9.49. The van der Waals surface area contributed by atoms with Crippen molar-refractivity contribution in [1.29, 1.82) is 0 Å². The molecule has 4 aromatic rings. The Bertz CT molecular complexity index is 2180.